The van der Waals surface area contributed by atoms with E-state index in [2.05, 4.69) is 33.8 Å². The molecule has 0 aliphatic carbocycles. The summed E-state index contributed by atoms with van der Waals surface area (Å²) in [6.45, 7) is 9.15. The average molecular weight is 471 g/mol. The number of hydrogen-bond donors (Lipinski definition) is 1. The highest BCUT2D eigenvalue weighted by Gasteiger charge is 2.20. The Morgan fingerprint density at radius 3 is 2.35 bits per heavy atom. The van der Waals surface area contributed by atoms with Gasteiger partial charge in [-0.25, -0.2) is 4.79 Å². The van der Waals surface area contributed by atoms with Gasteiger partial charge in [0.05, 0.1) is 6.61 Å². The van der Waals surface area contributed by atoms with E-state index in [-0.39, 0.29) is 29.4 Å². The zero-order valence-corrected chi connectivity index (χ0v) is 21.5. The molecule has 34 heavy (non-hydrogen) atoms. The second-order valence-corrected chi connectivity index (χ2v) is 9.20. The van der Waals surface area contributed by atoms with Gasteiger partial charge in [0.25, 0.3) is 0 Å². The van der Waals surface area contributed by atoms with E-state index in [1.165, 1.54) is 49.7 Å². The van der Waals surface area contributed by atoms with Gasteiger partial charge in [0, 0.05) is 0 Å². The van der Waals surface area contributed by atoms with Gasteiger partial charge in [0.2, 0.25) is 5.75 Å². The molecule has 5 nitrogen and oxygen atoms in total. The first-order chi connectivity index (χ1) is 16.4. The van der Waals surface area contributed by atoms with Gasteiger partial charge >= 0.3 is 5.63 Å². The second-order valence-electron chi connectivity index (χ2n) is 9.20. The van der Waals surface area contributed by atoms with E-state index >= 15 is 0 Å². The van der Waals surface area contributed by atoms with Crippen molar-refractivity contribution in [1.82, 2.24) is 0 Å². The summed E-state index contributed by atoms with van der Waals surface area (Å²) in [5.74, 6) is 0.287. The minimum atomic E-state index is -0.598. The maximum atomic E-state index is 12.7. The van der Waals surface area contributed by atoms with Gasteiger partial charge in [0.1, 0.15) is 23.3 Å². The maximum Gasteiger partial charge on any atom is 0.383 e. The van der Waals surface area contributed by atoms with Crippen LogP contribution in [0.3, 0.4) is 0 Å². The number of unbranched alkanes of at least 4 members (excludes halogenated alkanes) is 7. The van der Waals surface area contributed by atoms with Crippen molar-refractivity contribution in [3.63, 3.8) is 0 Å². The largest absolute Gasteiger partial charge is 0.507 e. The summed E-state index contributed by atoms with van der Waals surface area (Å²) in [7, 11) is 0. The number of rotatable bonds is 16. The van der Waals surface area contributed by atoms with E-state index in [0.29, 0.717) is 12.0 Å². The van der Waals surface area contributed by atoms with Crippen LogP contribution in [0.25, 0.3) is 11.0 Å². The topological polar surface area (TPSA) is 68.9 Å². The Balaban J connectivity index is 2.05. The van der Waals surface area contributed by atoms with Gasteiger partial charge in [0.15, 0.2) is 5.75 Å². The number of aromatic hydroxyl groups is 1. The van der Waals surface area contributed by atoms with E-state index < -0.39 is 5.63 Å². The van der Waals surface area contributed by atoms with Crippen LogP contribution in [0, 0.1) is 0 Å². The zero-order valence-electron chi connectivity index (χ0n) is 21.5. The van der Waals surface area contributed by atoms with Crippen LogP contribution in [-0.2, 0) is 0 Å². The third-order valence-corrected chi connectivity index (χ3v) is 5.82. The minimum absolute atomic E-state index is 0.00506. The van der Waals surface area contributed by atoms with Crippen molar-refractivity contribution in [3.8, 4) is 17.2 Å². The fourth-order valence-electron chi connectivity index (χ4n) is 3.82. The van der Waals surface area contributed by atoms with Crippen molar-refractivity contribution in [2.24, 2.45) is 0 Å². The maximum absolute atomic E-state index is 12.7. The van der Waals surface area contributed by atoms with Crippen LogP contribution in [0.1, 0.15) is 91.9 Å². The molecule has 0 saturated carbocycles. The van der Waals surface area contributed by atoms with Crippen LogP contribution in [0.5, 0.6) is 17.2 Å². The summed E-state index contributed by atoms with van der Waals surface area (Å²) >= 11 is 0. The molecule has 2 rings (SSSR count). The van der Waals surface area contributed by atoms with Gasteiger partial charge < -0.3 is 19.0 Å². The molecule has 0 unspecified atom stereocenters. The Bertz CT molecular complexity index is 995. The molecule has 5 heteroatoms. The van der Waals surface area contributed by atoms with Crippen molar-refractivity contribution in [1.29, 1.82) is 0 Å². The molecule has 0 amide bonds. The highest BCUT2D eigenvalue weighted by atomic mass is 16.5. The lowest BCUT2D eigenvalue weighted by molar-refractivity contribution is 0.269. The molecule has 1 aromatic carbocycles. The van der Waals surface area contributed by atoms with Crippen molar-refractivity contribution >= 4 is 11.0 Å². The monoisotopic (exact) mass is 470 g/mol. The van der Waals surface area contributed by atoms with Crippen LogP contribution in [-0.4, -0.2) is 18.3 Å². The molecule has 1 N–H and O–H groups in total. The van der Waals surface area contributed by atoms with Crippen LogP contribution < -0.4 is 15.1 Å². The second kappa shape index (κ2) is 15.3. The van der Waals surface area contributed by atoms with Crippen molar-refractivity contribution < 1.29 is 19.0 Å². The third-order valence-electron chi connectivity index (χ3n) is 5.82. The smallest absolute Gasteiger partial charge is 0.383 e. The number of ether oxygens (including phenoxy) is 2. The lowest BCUT2D eigenvalue weighted by Crippen LogP contribution is -2.11. The summed E-state index contributed by atoms with van der Waals surface area (Å²) < 4.78 is 17.3. The Morgan fingerprint density at radius 2 is 1.65 bits per heavy atom. The van der Waals surface area contributed by atoms with E-state index in [0.717, 1.165) is 25.7 Å². The summed E-state index contributed by atoms with van der Waals surface area (Å²) in [6, 6.07) is 4.85. The molecule has 0 aliphatic rings. The molecule has 0 bridgehead atoms. The Morgan fingerprint density at radius 1 is 0.941 bits per heavy atom. The van der Waals surface area contributed by atoms with Gasteiger partial charge in [-0.1, -0.05) is 75.2 Å². The van der Waals surface area contributed by atoms with Crippen molar-refractivity contribution in [2.45, 2.75) is 91.9 Å². The SMILES string of the molecule is CCCCCCCCCCOc1c(OC/C=C(\C)CCC=C(C)C)c(=O)oc2cccc(O)c12. The predicted molar refractivity (Wildman–Crippen MR) is 140 cm³/mol. The number of fused-ring (bicyclic) bond motifs is 1. The molecular formula is C29H42O5. The highest BCUT2D eigenvalue weighted by Crippen LogP contribution is 2.38. The third kappa shape index (κ3) is 9.28. The van der Waals surface area contributed by atoms with E-state index in [9.17, 15) is 9.90 Å². The fraction of sp³-hybridized carbons (Fsp3) is 0.552. The van der Waals surface area contributed by atoms with Gasteiger partial charge in [-0.2, -0.15) is 0 Å². The lowest BCUT2D eigenvalue weighted by Gasteiger charge is -2.14. The first-order valence-corrected chi connectivity index (χ1v) is 12.8. The average Bonchev–Trinajstić information content (AvgIpc) is 2.79. The number of phenolic OH excluding ortho intramolecular Hbond substituents is 1. The normalized spacial score (nSPS) is 11.6. The molecule has 0 fully saturated rings. The lowest BCUT2D eigenvalue weighted by atomic mass is 10.1. The van der Waals surface area contributed by atoms with E-state index in [1.807, 2.05) is 6.08 Å². The molecule has 0 aliphatic heterocycles. The van der Waals surface area contributed by atoms with Gasteiger partial charge in [-0.15, -0.1) is 0 Å². The van der Waals surface area contributed by atoms with Crippen LogP contribution in [0.2, 0.25) is 0 Å². The highest BCUT2D eigenvalue weighted by molar-refractivity contribution is 5.91. The van der Waals surface area contributed by atoms with E-state index in [4.69, 9.17) is 13.9 Å². The molecule has 188 valence electrons. The first kappa shape index (κ1) is 27.6. The summed E-state index contributed by atoms with van der Waals surface area (Å²) in [6.07, 6.45) is 15.6. The predicted octanol–water partition coefficient (Wildman–Crippen LogP) is 8.09. The zero-order chi connectivity index (χ0) is 24.8. The molecule has 1 heterocycles. The molecule has 0 radical (unpaired) electrons. The molecular weight excluding hydrogens is 428 g/mol. The molecule has 0 spiro atoms. The summed E-state index contributed by atoms with van der Waals surface area (Å²) in [5, 5.41) is 10.8. The standard InChI is InChI=1S/C29H42O5/c1-5-6-7-8-9-10-11-12-20-32-27-26-24(30)17-14-18-25(26)34-29(31)28(27)33-21-19-23(4)16-13-15-22(2)3/h14-15,17-19,30H,5-13,16,20-21H2,1-4H3/b23-19+. The van der Waals surface area contributed by atoms with Crippen LogP contribution in [0.4, 0.5) is 0 Å². The summed E-state index contributed by atoms with van der Waals surface area (Å²) in [5.41, 5.74) is 2.18. The number of hydrogen-bond acceptors (Lipinski definition) is 5. The van der Waals surface area contributed by atoms with Crippen molar-refractivity contribution in [2.75, 3.05) is 13.2 Å². The molecule has 0 atom stereocenters. The molecule has 1 aromatic heterocycles. The Hall–Kier alpha value is -2.69. The number of allylic oxidation sites excluding steroid dienone is 3. The van der Waals surface area contributed by atoms with E-state index in [1.54, 1.807) is 18.2 Å². The Kier molecular flexibility index (Phi) is 12.4. The van der Waals surface area contributed by atoms with Gasteiger partial charge in [-0.05, 0) is 58.2 Å². The number of phenols is 1. The quantitative estimate of drug-likeness (QED) is 0.152. The van der Waals surface area contributed by atoms with Crippen LogP contribution >= 0.6 is 0 Å². The van der Waals surface area contributed by atoms with Crippen LogP contribution in [0.15, 0.2) is 50.7 Å². The molecule has 2 aromatic rings. The van der Waals surface area contributed by atoms with Crippen molar-refractivity contribution in [3.05, 3.63) is 51.9 Å². The summed E-state index contributed by atoms with van der Waals surface area (Å²) in [4.78, 5) is 12.7. The Labute approximate surface area is 204 Å². The molecule has 0 saturated heterocycles. The fourth-order valence-corrected chi connectivity index (χ4v) is 3.82. The minimum Gasteiger partial charge on any atom is -0.507 e. The van der Waals surface area contributed by atoms with Gasteiger partial charge in [-0.3, -0.25) is 0 Å². The number of benzene rings is 1. The first-order valence-electron chi connectivity index (χ1n) is 12.8.